The van der Waals surface area contributed by atoms with Crippen LogP contribution < -0.4 is 10.6 Å². The van der Waals surface area contributed by atoms with Gasteiger partial charge in [0, 0.05) is 44.0 Å². The Balaban J connectivity index is 1.49. The summed E-state index contributed by atoms with van der Waals surface area (Å²) in [5, 5.41) is 11.0. The van der Waals surface area contributed by atoms with Crippen molar-refractivity contribution in [3.8, 4) is 0 Å². The Bertz CT molecular complexity index is 607. The van der Waals surface area contributed by atoms with Crippen molar-refractivity contribution in [1.82, 2.24) is 20.8 Å². The fraction of sp³-hybridized carbons (Fsp3) is 0.842. The van der Waals surface area contributed by atoms with Gasteiger partial charge in [0.25, 0.3) is 0 Å². The van der Waals surface area contributed by atoms with Crippen LogP contribution in [0.3, 0.4) is 0 Å². The van der Waals surface area contributed by atoms with Gasteiger partial charge in [0.15, 0.2) is 11.8 Å². The summed E-state index contributed by atoms with van der Waals surface area (Å²) in [6, 6.07) is 0.448. The van der Waals surface area contributed by atoms with Crippen molar-refractivity contribution in [3.05, 3.63) is 11.7 Å². The van der Waals surface area contributed by atoms with E-state index in [1.165, 1.54) is 25.7 Å². The minimum atomic E-state index is 0.286. The average molecular weight is 364 g/mol. The van der Waals surface area contributed by atoms with Gasteiger partial charge in [0.05, 0.1) is 6.10 Å². The summed E-state index contributed by atoms with van der Waals surface area (Å²) >= 11 is 0. The topological polar surface area (TPSA) is 84.6 Å². The quantitative estimate of drug-likeness (QED) is 0.572. The third-order valence-electron chi connectivity index (χ3n) is 5.85. The zero-order valence-electron chi connectivity index (χ0n) is 16.5. The maximum atomic E-state index is 5.99. The molecule has 1 spiro atoms. The molecule has 2 aliphatic carbocycles. The summed E-state index contributed by atoms with van der Waals surface area (Å²) in [6.07, 6.45) is 7.29. The molecule has 146 valence electrons. The van der Waals surface area contributed by atoms with Crippen LogP contribution in [0, 0.1) is 5.41 Å². The van der Waals surface area contributed by atoms with Gasteiger partial charge in [0.2, 0.25) is 5.89 Å². The Labute approximate surface area is 156 Å². The fourth-order valence-electron chi connectivity index (χ4n) is 4.34. The number of nitrogens with one attached hydrogen (secondary N) is 2. The van der Waals surface area contributed by atoms with E-state index in [-0.39, 0.29) is 5.92 Å². The normalized spacial score (nSPS) is 24.9. The second kappa shape index (κ2) is 8.37. The predicted molar refractivity (Wildman–Crippen MR) is 101 cm³/mol. The predicted octanol–water partition coefficient (Wildman–Crippen LogP) is 2.64. The molecule has 2 unspecified atom stereocenters. The highest BCUT2D eigenvalue weighted by Crippen LogP contribution is 2.54. The molecule has 2 saturated carbocycles. The number of aromatic nitrogens is 2. The molecule has 7 heteroatoms. The summed E-state index contributed by atoms with van der Waals surface area (Å²) in [5.74, 6) is 2.57. The van der Waals surface area contributed by atoms with Gasteiger partial charge in [-0.1, -0.05) is 31.8 Å². The summed E-state index contributed by atoms with van der Waals surface area (Å²) in [6.45, 7) is 7.73. The van der Waals surface area contributed by atoms with Crippen LogP contribution in [-0.4, -0.2) is 48.4 Å². The molecular weight excluding hydrogens is 330 g/mol. The molecule has 1 heterocycles. The SMILES string of the molecule is CCOC1CC(NC(=NC)NCCc2nc(C(C)C)no2)C12CCCC2. The first kappa shape index (κ1) is 19.1. The summed E-state index contributed by atoms with van der Waals surface area (Å²) < 4.78 is 11.3. The summed E-state index contributed by atoms with van der Waals surface area (Å²) in [5.41, 5.74) is 0.298. The smallest absolute Gasteiger partial charge is 0.228 e. The van der Waals surface area contributed by atoms with Crippen LogP contribution in [0.1, 0.15) is 70.5 Å². The van der Waals surface area contributed by atoms with Crippen molar-refractivity contribution >= 4 is 5.96 Å². The van der Waals surface area contributed by atoms with Gasteiger partial charge in [-0.25, -0.2) is 0 Å². The van der Waals surface area contributed by atoms with Gasteiger partial charge in [-0.3, -0.25) is 4.99 Å². The summed E-state index contributed by atoms with van der Waals surface area (Å²) in [4.78, 5) is 8.80. The largest absolute Gasteiger partial charge is 0.378 e. The molecule has 0 aliphatic heterocycles. The molecule has 2 N–H and O–H groups in total. The van der Waals surface area contributed by atoms with Gasteiger partial charge < -0.3 is 19.9 Å². The van der Waals surface area contributed by atoms with E-state index in [1.807, 2.05) is 7.05 Å². The van der Waals surface area contributed by atoms with Gasteiger partial charge in [-0.15, -0.1) is 0 Å². The highest BCUT2D eigenvalue weighted by molar-refractivity contribution is 5.80. The van der Waals surface area contributed by atoms with E-state index in [9.17, 15) is 0 Å². The minimum Gasteiger partial charge on any atom is -0.378 e. The van der Waals surface area contributed by atoms with Gasteiger partial charge in [0.1, 0.15) is 0 Å². The molecule has 2 aliphatic rings. The zero-order chi connectivity index (χ0) is 18.6. The van der Waals surface area contributed by atoms with Crippen molar-refractivity contribution in [1.29, 1.82) is 0 Å². The zero-order valence-corrected chi connectivity index (χ0v) is 16.5. The molecule has 0 amide bonds. The first-order valence-corrected chi connectivity index (χ1v) is 10.00. The molecule has 1 aromatic rings. The Kier molecular flexibility index (Phi) is 6.16. The number of hydrogen-bond donors (Lipinski definition) is 2. The standard InChI is InChI=1S/C19H33N5O2/c1-5-25-15-12-14(19(15)9-6-7-10-19)22-18(20-4)21-11-8-16-23-17(13(2)3)24-26-16/h13-15H,5-12H2,1-4H3,(H2,20,21,22). The fourth-order valence-corrected chi connectivity index (χ4v) is 4.34. The van der Waals surface area contributed by atoms with Crippen molar-refractivity contribution in [3.63, 3.8) is 0 Å². The molecule has 0 bridgehead atoms. The molecule has 0 saturated heterocycles. The highest BCUT2D eigenvalue weighted by atomic mass is 16.5. The molecule has 26 heavy (non-hydrogen) atoms. The molecule has 2 atom stereocenters. The van der Waals surface area contributed by atoms with E-state index >= 15 is 0 Å². The van der Waals surface area contributed by atoms with Crippen LogP contribution in [0.15, 0.2) is 9.52 Å². The summed E-state index contributed by atoms with van der Waals surface area (Å²) in [7, 11) is 1.82. The Morgan fingerprint density at radius 2 is 2.15 bits per heavy atom. The maximum absolute atomic E-state index is 5.99. The van der Waals surface area contributed by atoms with Crippen molar-refractivity contribution < 1.29 is 9.26 Å². The molecule has 1 aromatic heterocycles. The number of guanidine groups is 1. The van der Waals surface area contributed by atoms with Crippen molar-refractivity contribution in [2.75, 3.05) is 20.2 Å². The maximum Gasteiger partial charge on any atom is 0.228 e. The van der Waals surface area contributed by atoms with Crippen molar-refractivity contribution in [2.45, 2.75) is 77.4 Å². The second-order valence-corrected chi connectivity index (χ2v) is 7.77. The minimum absolute atomic E-state index is 0.286. The van der Waals surface area contributed by atoms with Crippen LogP contribution in [0.5, 0.6) is 0 Å². The van der Waals surface area contributed by atoms with Gasteiger partial charge in [-0.05, 0) is 26.2 Å². The number of aliphatic imine (C=N–C) groups is 1. The van der Waals surface area contributed by atoms with E-state index in [0.717, 1.165) is 24.8 Å². The third-order valence-corrected chi connectivity index (χ3v) is 5.85. The van der Waals surface area contributed by atoms with Crippen LogP contribution >= 0.6 is 0 Å². The van der Waals surface area contributed by atoms with Crippen molar-refractivity contribution in [2.24, 2.45) is 10.4 Å². The lowest BCUT2D eigenvalue weighted by atomic mass is 9.60. The van der Waals surface area contributed by atoms with E-state index in [4.69, 9.17) is 9.26 Å². The molecule has 7 nitrogen and oxygen atoms in total. The molecule has 2 fully saturated rings. The molecule has 0 radical (unpaired) electrons. The third kappa shape index (κ3) is 3.87. The van der Waals surface area contributed by atoms with Crippen LogP contribution in [-0.2, 0) is 11.2 Å². The highest BCUT2D eigenvalue weighted by Gasteiger charge is 2.56. The molecule has 0 aromatic carbocycles. The van der Waals surface area contributed by atoms with E-state index in [2.05, 4.69) is 46.5 Å². The van der Waals surface area contributed by atoms with Crippen LogP contribution in [0.25, 0.3) is 0 Å². The lowest BCUT2D eigenvalue weighted by Crippen LogP contribution is -2.65. The first-order chi connectivity index (χ1) is 12.6. The van der Waals surface area contributed by atoms with E-state index < -0.39 is 0 Å². The average Bonchev–Trinajstić information content (AvgIpc) is 3.30. The lowest BCUT2D eigenvalue weighted by Gasteiger charge is -2.54. The van der Waals surface area contributed by atoms with E-state index in [1.54, 1.807) is 0 Å². The molecular formula is C19H33N5O2. The van der Waals surface area contributed by atoms with Crippen LogP contribution in [0.4, 0.5) is 0 Å². The first-order valence-electron chi connectivity index (χ1n) is 10.00. The molecule has 3 rings (SSSR count). The number of rotatable bonds is 7. The van der Waals surface area contributed by atoms with Gasteiger partial charge >= 0.3 is 0 Å². The van der Waals surface area contributed by atoms with E-state index in [0.29, 0.717) is 36.4 Å². The number of nitrogens with zero attached hydrogens (tertiary/aromatic N) is 3. The second-order valence-electron chi connectivity index (χ2n) is 7.77. The number of hydrogen-bond acceptors (Lipinski definition) is 5. The lowest BCUT2D eigenvalue weighted by molar-refractivity contribution is -0.125. The Hall–Kier alpha value is -1.63. The van der Waals surface area contributed by atoms with Gasteiger partial charge in [-0.2, -0.15) is 4.98 Å². The van der Waals surface area contributed by atoms with Crippen LogP contribution in [0.2, 0.25) is 0 Å². The Morgan fingerprint density at radius 1 is 1.38 bits per heavy atom. The Morgan fingerprint density at radius 3 is 2.77 bits per heavy atom. The monoisotopic (exact) mass is 363 g/mol. The number of ether oxygens (including phenoxy) is 1.